The van der Waals surface area contributed by atoms with Crippen molar-refractivity contribution in [2.75, 3.05) is 0 Å². The zero-order chi connectivity index (χ0) is 8.55. The average Bonchev–Trinajstić information content (AvgIpc) is 2.53. The summed E-state index contributed by atoms with van der Waals surface area (Å²) < 4.78 is 0. The van der Waals surface area contributed by atoms with Gasteiger partial charge in [-0.25, -0.2) is 0 Å². The minimum atomic E-state index is 0.617. The molecule has 0 saturated heterocycles. The lowest BCUT2D eigenvalue weighted by atomic mass is 10.0. The summed E-state index contributed by atoms with van der Waals surface area (Å²) in [6.07, 6.45) is 5.54. The molecular weight excluding hydrogens is 148 g/mol. The standard InChI is InChI=1S/C10H14N2/c1-7-8(5-11)6-12-10-4-2-3-9(7)10/h6H,2-5,11H2,1H3. The summed E-state index contributed by atoms with van der Waals surface area (Å²) >= 11 is 0. The van der Waals surface area contributed by atoms with Crippen molar-refractivity contribution in [3.63, 3.8) is 0 Å². The largest absolute Gasteiger partial charge is 0.326 e. The predicted octanol–water partition coefficient (Wildman–Crippen LogP) is 1.34. The number of nitrogens with zero attached hydrogens (tertiary/aromatic N) is 1. The Hall–Kier alpha value is -0.890. The second-order valence-corrected chi connectivity index (χ2v) is 3.39. The lowest BCUT2D eigenvalue weighted by Gasteiger charge is -2.07. The number of aromatic nitrogens is 1. The van der Waals surface area contributed by atoms with Crippen LogP contribution in [-0.4, -0.2) is 4.98 Å². The second kappa shape index (κ2) is 2.87. The van der Waals surface area contributed by atoms with Crippen LogP contribution < -0.4 is 5.73 Å². The lowest BCUT2D eigenvalue weighted by Crippen LogP contribution is -2.03. The zero-order valence-corrected chi connectivity index (χ0v) is 7.43. The highest BCUT2D eigenvalue weighted by atomic mass is 14.7. The van der Waals surface area contributed by atoms with Crippen LogP contribution in [0, 0.1) is 6.92 Å². The highest BCUT2D eigenvalue weighted by Crippen LogP contribution is 2.24. The maximum Gasteiger partial charge on any atom is 0.0438 e. The number of pyridine rings is 1. The molecule has 1 aromatic rings. The fraction of sp³-hybridized carbons (Fsp3) is 0.500. The number of nitrogens with two attached hydrogens (primary N) is 1. The van der Waals surface area contributed by atoms with Crippen molar-refractivity contribution in [1.29, 1.82) is 0 Å². The molecule has 0 aliphatic heterocycles. The van der Waals surface area contributed by atoms with Crippen LogP contribution in [0.2, 0.25) is 0 Å². The highest BCUT2D eigenvalue weighted by molar-refractivity contribution is 5.37. The van der Waals surface area contributed by atoms with Crippen LogP contribution in [0.15, 0.2) is 6.20 Å². The van der Waals surface area contributed by atoms with Crippen LogP contribution in [0.25, 0.3) is 0 Å². The molecule has 0 fully saturated rings. The van der Waals surface area contributed by atoms with Crippen molar-refractivity contribution in [3.05, 3.63) is 28.6 Å². The number of hydrogen-bond acceptors (Lipinski definition) is 2. The quantitative estimate of drug-likeness (QED) is 0.676. The van der Waals surface area contributed by atoms with Crippen molar-refractivity contribution in [2.45, 2.75) is 32.7 Å². The predicted molar refractivity (Wildman–Crippen MR) is 48.9 cm³/mol. The van der Waals surface area contributed by atoms with Crippen LogP contribution in [-0.2, 0) is 19.4 Å². The Morgan fingerprint density at radius 1 is 1.50 bits per heavy atom. The van der Waals surface area contributed by atoms with Crippen LogP contribution in [0.4, 0.5) is 0 Å². The molecule has 12 heavy (non-hydrogen) atoms. The smallest absolute Gasteiger partial charge is 0.0438 e. The summed E-state index contributed by atoms with van der Waals surface area (Å²) in [5.41, 5.74) is 10.9. The summed E-state index contributed by atoms with van der Waals surface area (Å²) in [5, 5.41) is 0. The molecule has 0 spiro atoms. The first kappa shape index (κ1) is 7.74. The van der Waals surface area contributed by atoms with E-state index in [0.29, 0.717) is 6.54 Å². The molecule has 1 heterocycles. The van der Waals surface area contributed by atoms with E-state index in [4.69, 9.17) is 5.73 Å². The summed E-state index contributed by atoms with van der Waals surface area (Å²) in [7, 11) is 0. The summed E-state index contributed by atoms with van der Waals surface area (Å²) in [6.45, 7) is 2.78. The monoisotopic (exact) mass is 162 g/mol. The van der Waals surface area contributed by atoms with Crippen molar-refractivity contribution < 1.29 is 0 Å². The lowest BCUT2D eigenvalue weighted by molar-refractivity contribution is 0.898. The fourth-order valence-electron chi connectivity index (χ4n) is 1.93. The second-order valence-electron chi connectivity index (χ2n) is 3.39. The number of hydrogen-bond donors (Lipinski definition) is 1. The van der Waals surface area contributed by atoms with Crippen LogP contribution in [0.1, 0.15) is 28.8 Å². The molecule has 0 radical (unpaired) electrons. The third-order valence-corrected chi connectivity index (χ3v) is 2.72. The van der Waals surface area contributed by atoms with Gasteiger partial charge in [0.25, 0.3) is 0 Å². The Labute approximate surface area is 72.8 Å². The van der Waals surface area contributed by atoms with Gasteiger partial charge >= 0.3 is 0 Å². The number of rotatable bonds is 1. The van der Waals surface area contributed by atoms with Gasteiger partial charge in [-0.05, 0) is 42.9 Å². The number of aryl methyl sites for hydroxylation is 1. The average molecular weight is 162 g/mol. The van der Waals surface area contributed by atoms with Gasteiger partial charge in [0.1, 0.15) is 0 Å². The summed E-state index contributed by atoms with van der Waals surface area (Å²) in [4.78, 5) is 4.41. The van der Waals surface area contributed by atoms with Gasteiger partial charge in [-0.1, -0.05) is 0 Å². The normalized spacial score (nSPS) is 14.8. The third-order valence-electron chi connectivity index (χ3n) is 2.72. The molecule has 2 N–H and O–H groups in total. The van der Waals surface area contributed by atoms with Gasteiger partial charge in [-0.2, -0.15) is 0 Å². The number of fused-ring (bicyclic) bond motifs is 1. The molecule has 1 aromatic heterocycles. The van der Waals surface area contributed by atoms with Gasteiger partial charge in [0.05, 0.1) is 0 Å². The minimum absolute atomic E-state index is 0.617. The first-order valence-corrected chi connectivity index (χ1v) is 4.49. The first-order valence-electron chi connectivity index (χ1n) is 4.49. The van der Waals surface area contributed by atoms with Gasteiger partial charge in [-0.15, -0.1) is 0 Å². The van der Waals surface area contributed by atoms with Crippen LogP contribution >= 0.6 is 0 Å². The Morgan fingerprint density at radius 3 is 3.08 bits per heavy atom. The zero-order valence-electron chi connectivity index (χ0n) is 7.43. The van der Waals surface area contributed by atoms with E-state index in [1.165, 1.54) is 35.2 Å². The Bertz CT molecular complexity index is 305. The van der Waals surface area contributed by atoms with E-state index in [-0.39, 0.29) is 0 Å². The fourth-order valence-corrected chi connectivity index (χ4v) is 1.93. The Kier molecular flexibility index (Phi) is 1.85. The van der Waals surface area contributed by atoms with E-state index in [1.54, 1.807) is 0 Å². The van der Waals surface area contributed by atoms with Gasteiger partial charge in [0.15, 0.2) is 0 Å². The maximum atomic E-state index is 5.60. The molecule has 0 amide bonds. The summed E-state index contributed by atoms with van der Waals surface area (Å²) in [6, 6.07) is 0. The van der Waals surface area contributed by atoms with E-state index in [1.807, 2.05) is 6.20 Å². The summed E-state index contributed by atoms with van der Waals surface area (Å²) in [5.74, 6) is 0. The molecule has 0 saturated carbocycles. The van der Waals surface area contributed by atoms with E-state index in [9.17, 15) is 0 Å². The van der Waals surface area contributed by atoms with Crippen molar-refractivity contribution >= 4 is 0 Å². The van der Waals surface area contributed by atoms with E-state index in [0.717, 1.165) is 6.42 Å². The minimum Gasteiger partial charge on any atom is -0.326 e. The molecule has 0 atom stereocenters. The molecule has 0 unspecified atom stereocenters. The third kappa shape index (κ3) is 1.03. The van der Waals surface area contributed by atoms with Gasteiger partial charge < -0.3 is 5.73 Å². The molecular formula is C10H14N2. The van der Waals surface area contributed by atoms with Crippen LogP contribution in [0.3, 0.4) is 0 Å². The van der Waals surface area contributed by atoms with Crippen LogP contribution in [0.5, 0.6) is 0 Å². The molecule has 1 aliphatic carbocycles. The van der Waals surface area contributed by atoms with E-state index < -0.39 is 0 Å². The SMILES string of the molecule is Cc1c(CN)cnc2c1CCC2. The molecule has 2 rings (SSSR count). The molecule has 64 valence electrons. The van der Waals surface area contributed by atoms with Gasteiger partial charge in [0.2, 0.25) is 0 Å². The Balaban J connectivity index is 2.54. The van der Waals surface area contributed by atoms with E-state index >= 15 is 0 Å². The first-order chi connectivity index (χ1) is 5.83. The van der Waals surface area contributed by atoms with Crippen molar-refractivity contribution in [3.8, 4) is 0 Å². The topological polar surface area (TPSA) is 38.9 Å². The molecule has 0 aromatic carbocycles. The molecule has 0 bridgehead atoms. The van der Waals surface area contributed by atoms with Gasteiger partial charge in [-0.3, -0.25) is 4.98 Å². The highest BCUT2D eigenvalue weighted by Gasteiger charge is 2.15. The Morgan fingerprint density at radius 2 is 2.33 bits per heavy atom. The van der Waals surface area contributed by atoms with Crippen molar-refractivity contribution in [1.82, 2.24) is 4.98 Å². The van der Waals surface area contributed by atoms with Gasteiger partial charge in [0, 0.05) is 18.4 Å². The molecule has 2 nitrogen and oxygen atoms in total. The molecule has 1 aliphatic rings. The van der Waals surface area contributed by atoms with E-state index in [2.05, 4.69) is 11.9 Å². The maximum absolute atomic E-state index is 5.60. The van der Waals surface area contributed by atoms with Crippen molar-refractivity contribution in [2.24, 2.45) is 5.73 Å². The molecule has 2 heteroatoms.